The van der Waals surface area contributed by atoms with E-state index < -0.39 is 0 Å². The molecule has 0 spiro atoms. The van der Waals surface area contributed by atoms with Crippen LogP contribution in [0.5, 0.6) is 11.5 Å². The number of hydrogen-bond donors (Lipinski definition) is 1. The largest absolute Gasteiger partial charge is 0.497 e. The molecule has 0 saturated heterocycles. The predicted octanol–water partition coefficient (Wildman–Crippen LogP) is 2.29. The number of nitrogens with zero attached hydrogens (tertiary/aromatic N) is 2. The number of ether oxygens (including phenoxy) is 2. The van der Waals surface area contributed by atoms with Crippen LogP contribution in [0.1, 0.15) is 5.56 Å². The molecule has 0 bridgehead atoms. The van der Waals surface area contributed by atoms with Gasteiger partial charge in [-0.05, 0) is 12.1 Å². The molecule has 1 aromatic carbocycles. The van der Waals surface area contributed by atoms with Crippen LogP contribution in [0.2, 0.25) is 0 Å². The van der Waals surface area contributed by atoms with Gasteiger partial charge in [-0.2, -0.15) is 5.10 Å². The van der Waals surface area contributed by atoms with Gasteiger partial charge in [-0.25, -0.2) is 0 Å². The van der Waals surface area contributed by atoms with E-state index in [9.17, 15) is 0 Å². The first-order valence-corrected chi connectivity index (χ1v) is 7.10. The molecule has 0 saturated carbocycles. The Morgan fingerprint density at radius 3 is 2.90 bits per heavy atom. The Hall–Kier alpha value is -1.95. The molecule has 0 fully saturated rings. The lowest BCUT2D eigenvalue weighted by molar-refractivity contribution is 0.394. The molecule has 0 aromatic heterocycles. The fourth-order valence-corrected chi connectivity index (χ4v) is 2.49. The lowest BCUT2D eigenvalue weighted by atomic mass is 10.1. The van der Waals surface area contributed by atoms with E-state index in [-0.39, 0.29) is 0 Å². The number of amidine groups is 1. The van der Waals surface area contributed by atoms with Crippen molar-refractivity contribution in [1.29, 1.82) is 0 Å². The van der Waals surface area contributed by atoms with Crippen LogP contribution in [-0.2, 0) is 0 Å². The summed E-state index contributed by atoms with van der Waals surface area (Å²) in [6.07, 6.45) is 1.75. The summed E-state index contributed by atoms with van der Waals surface area (Å²) in [5.74, 6) is 2.25. The van der Waals surface area contributed by atoms with Crippen molar-refractivity contribution < 1.29 is 9.47 Å². The maximum absolute atomic E-state index is 5.39. The minimum Gasteiger partial charge on any atom is -0.497 e. The highest BCUT2D eigenvalue weighted by atomic mass is 32.2. The van der Waals surface area contributed by atoms with E-state index in [0.717, 1.165) is 33.7 Å². The smallest absolute Gasteiger partial charge is 0.177 e. The topological polar surface area (TPSA) is 55.2 Å². The number of hydrogen-bond acceptors (Lipinski definition) is 5. The maximum atomic E-state index is 5.39. The number of thioether (sulfide) groups is 1. The Kier molecular flexibility index (Phi) is 5.06. The molecule has 1 aliphatic heterocycles. The average molecular weight is 291 g/mol. The normalized spacial score (nSPS) is 16.3. The Morgan fingerprint density at radius 1 is 1.45 bits per heavy atom. The van der Waals surface area contributed by atoms with Crippen LogP contribution in [-0.4, -0.2) is 37.4 Å². The van der Waals surface area contributed by atoms with Crippen LogP contribution in [0.25, 0.3) is 0 Å². The minimum absolute atomic E-state index is 0.589. The van der Waals surface area contributed by atoms with Crippen LogP contribution >= 0.6 is 11.8 Å². The molecule has 0 unspecified atom stereocenters. The lowest BCUT2D eigenvalue weighted by Crippen LogP contribution is -2.25. The third kappa shape index (κ3) is 3.33. The van der Waals surface area contributed by atoms with Crippen molar-refractivity contribution in [2.75, 3.05) is 26.5 Å². The number of benzene rings is 1. The van der Waals surface area contributed by atoms with E-state index in [2.05, 4.69) is 22.1 Å². The van der Waals surface area contributed by atoms with E-state index >= 15 is 0 Å². The Balaban J connectivity index is 2.20. The number of aliphatic imine (C=N–C) groups is 1. The molecular weight excluding hydrogens is 274 g/mol. The summed E-state index contributed by atoms with van der Waals surface area (Å²) < 4.78 is 10.6. The van der Waals surface area contributed by atoms with Crippen LogP contribution in [0.3, 0.4) is 0 Å². The zero-order chi connectivity index (χ0) is 14.4. The molecule has 1 aliphatic rings. The van der Waals surface area contributed by atoms with Crippen molar-refractivity contribution >= 4 is 22.6 Å². The van der Waals surface area contributed by atoms with E-state index in [1.54, 1.807) is 32.1 Å². The van der Waals surface area contributed by atoms with Crippen molar-refractivity contribution in [1.82, 2.24) is 5.43 Å². The summed E-state index contributed by atoms with van der Waals surface area (Å²) in [5, 5.41) is 5.16. The van der Waals surface area contributed by atoms with Crippen molar-refractivity contribution in [3.05, 3.63) is 36.4 Å². The molecule has 106 valence electrons. The summed E-state index contributed by atoms with van der Waals surface area (Å²) in [6.45, 7) is 4.23. The second-order valence-electron chi connectivity index (χ2n) is 3.96. The summed E-state index contributed by atoms with van der Waals surface area (Å²) in [4.78, 5) is 4.29. The number of nitrogens with one attached hydrogen (secondary N) is 1. The summed E-state index contributed by atoms with van der Waals surface area (Å²) in [5.41, 5.74) is 4.83. The fraction of sp³-hybridized carbons (Fsp3) is 0.286. The highest BCUT2D eigenvalue weighted by Crippen LogP contribution is 2.27. The van der Waals surface area contributed by atoms with E-state index in [1.165, 1.54) is 0 Å². The van der Waals surface area contributed by atoms with Crippen molar-refractivity contribution in [3.8, 4) is 11.5 Å². The van der Waals surface area contributed by atoms with Crippen LogP contribution in [0.15, 0.2) is 40.9 Å². The molecule has 0 atom stereocenters. The van der Waals surface area contributed by atoms with Gasteiger partial charge < -0.3 is 9.47 Å². The average Bonchev–Trinajstić information content (AvgIpc) is 2.52. The van der Waals surface area contributed by atoms with Crippen molar-refractivity contribution in [3.63, 3.8) is 0 Å². The van der Waals surface area contributed by atoms with Crippen molar-refractivity contribution in [2.45, 2.75) is 0 Å². The number of rotatable bonds is 5. The molecule has 0 amide bonds. The maximum Gasteiger partial charge on any atom is 0.177 e. The molecule has 6 heteroatoms. The third-order valence-electron chi connectivity index (χ3n) is 2.72. The minimum atomic E-state index is 0.589. The zero-order valence-electron chi connectivity index (χ0n) is 11.5. The van der Waals surface area contributed by atoms with E-state index in [4.69, 9.17) is 9.47 Å². The van der Waals surface area contributed by atoms with Gasteiger partial charge in [0.1, 0.15) is 11.5 Å². The third-order valence-corrected chi connectivity index (χ3v) is 3.63. The van der Waals surface area contributed by atoms with Crippen LogP contribution < -0.4 is 14.9 Å². The summed E-state index contributed by atoms with van der Waals surface area (Å²) in [6, 6.07) is 5.70. The molecule has 20 heavy (non-hydrogen) atoms. The van der Waals surface area contributed by atoms with Gasteiger partial charge in [0.15, 0.2) is 5.17 Å². The highest BCUT2D eigenvalue weighted by molar-refractivity contribution is 8.14. The molecule has 0 aliphatic carbocycles. The first-order valence-electron chi connectivity index (χ1n) is 6.11. The van der Waals surface area contributed by atoms with Gasteiger partial charge in [0.2, 0.25) is 0 Å². The number of hydrazone groups is 1. The second kappa shape index (κ2) is 7.00. The molecule has 2 rings (SSSR count). The fourth-order valence-electron chi connectivity index (χ4n) is 1.72. The summed E-state index contributed by atoms with van der Waals surface area (Å²) >= 11 is 1.61. The monoisotopic (exact) mass is 291 g/mol. The molecule has 0 radical (unpaired) electrons. The Labute approximate surface area is 122 Å². The zero-order valence-corrected chi connectivity index (χ0v) is 12.4. The van der Waals surface area contributed by atoms with Gasteiger partial charge in [-0.3, -0.25) is 10.4 Å². The predicted molar refractivity (Wildman–Crippen MR) is 84.2 cm³/mol. The van der Waals surface area contributed by atoms with Gasteiger partial charge in [-0.1, -0.05) is 17.8 Å². The SMILES string of the molecule is C=CCN=C1NN=C(c2ccc(OC)cc2OC)CS1. The first kappa shape index (κ1) is 14.5. The van der Waals surface area contributed by atoms with Crippen molar-refractivity contribution in [2.24, 2.45) is 10.1 Å². The van der Waals surface area contributed by atoms with Gasteiger partial charge in [0.05, 0.1) is 26.5 Å². The highest BCUT2D eigenvalue weighted by Gasteiger charge is 2.16. The quantitative estimate of drug-likeness (QED) is 0.846. The molecular formula is C14H17N3O2S. The van der Waals surface area contributed by atoms with Gasteiger partial charge in [0, 0.05) is 17.4 Å². The van der Waals surface area contributed by atoms with Gasteiger partial charge in [0.25, 0.3) is 0 Å². The molecule has 1 heterocycles. The van der Waals surface area contributed by atoms with E-state index in [0.29, 0.717) is 6.54 Å². The standard InChI is InChI=1S/C14H17N3O2S/c1-4-7-15-14-17-16-12(9-20-14)11-6-5-10(18-2)8-13(11)19-3/h4-6,8H,1,7,9H2,2-3H3,(H,15,17). The van der Waals surface area contributed by atoms with E-state index in [1.807, 2.05) is 18.2 Å². The molecule has 1 aromatic rings. The summed E-state index contributed by atoms with van der Waals surface area (Å²) in [7, 11) is 3.27. The molecule has 5 nitrogen and oxygen atoms in total. The second-order valence-corrected chi connectivity index (χ2v) is 4.92. The first-order chi connectivity index (χ1) is 9.78. The van der Waals surface area contributed by atoms with Gasteiger partial charge >= 0.3 is 0 Å². The molecule has 1 N–H and O–H groups in total. The van der Waals surface area contributed by atoms with Gasteiger partial charge in [-0.15, -0.1) is 6.58 Å². The Bertz CT molecular complexity index is 555. The Morgan fingerprint density at radius 2 is 2.30 bits per heavy atom. The number of methoxy groups -OCH3 is 2. The van der Waals surface area contributed by atoms with Crippen LogP contribution in [0.4, 0.5) is 0 Å². The van der Waals surface area contributed by atoms with Crippen LogP contribution in [0, 0.1) is 0 Å². The lowest BCUT2D eigenvalue weighted by Gasteiger charge is -2.17.